The maximum absolute atomic E-state index is 5.20. The number of halogens is 2. The van der Waals surface area contributed by atoms with Crippen molar-refractivity contribution in [2.24, 2.45) is 0 Å². The molecule has 9 heavy (non-hydrogen) atoms. The fraction of sp³-hybridized carbons (Fsp3) is 1.00. The van der Waals surface area contributed by atoms with Crippen LogP contribution in [0, 0.1) is 0 Å². The van der Waals surface area contributed by atoms with Crippen LogP contribution in [0.3, 0.4) is 0 Å². The van der Waals surface area contributed by atoms with Crippen LogP contribution in [-0.2, 0) is 4.74 Å². The van der Waals surface area contributed by atoms with E-state index in [1.54, 1.807) is 8.93 Å². The van der Waals surface area contributed by atoms with Crippen LogP contribution >= 0.6 is 41.7 Å². The number of hydrogen-bond donors (Lipinski definition) is 0. The van der Waals surface area contributed by atoms with Gasteiger partial charge in [0.1, 0.15) is 6.07 Å². The standard InChI is InChI=1S/C3H6ClIOS.C2H6/c4-3-6-1-2-7-5;1-2/h1-3H2;1-2H3. The molecule has 4 heteroatoms. The zero-order valence-corrected chi connectivity index (χ0v) is 9.42. The highest BCUT2D eigenvalue weighted by Gasteiger charge is 1.81. The van der Waals surface area contributed by atoms with Crippen LogP contribution in [0.1, 0.15) is 13.8 Å². The lowest BCUT2D eigenvalue weighted by atomic mass is 10.9. The maximum atomic E-state index is 5.20. The van der Waals surface area contributed by atoms with Crippen molar-refractivity contribution in [1.29, 1.82) is 0 Å². The number of ether oxygens (including phenoxy) is 1. The first kappa shape index (κ1) is 13.0. The summed E-state index contributed by atoms with van der Waals surface area (Å²) in [6.07, 6.45) is 0. The molecule has 0 atom stereocenters. The second-order valence-electron chi connectivity index (χ2n) is 0.831. The van der Waals surface area contributed by atoms with Crippen LogP contribution in [0.15, 0.2) is 0 Å². The lowest BCUT2D eigenvalue weighted by molar-refractivity contribution is 0.198. The van der Waals surface area contributed by atoms with Crippen molar-refractivity contribution in [2.45, 2.75) is 13.8 Å². The Morgan fingerprint density at radius 2 is 2.11 bits per heavy atom. The van der Waals surface area contributed by atoms with Gasteiger partial charge in [-0.3, -0.25) is 0 Å². The zero-order chi connectivity index (χ0) is 7.54. The van der Waals surface area contributed by atoms with E-state index in [1.807, 2.05) is 13.8 Å². The Morgan fingerprint density at radius 3 is 2.44 bits per heavy atom. The van der Waals surface area contributed by atoms with E-state index >= 15 is 0 Å². The first-order chi connectivity index (χ1) is 4.41. The van der Waals surface area contributed by atoms with Gasteiger partial charge in [0.05, 0.1) is 6.61 Å². The summed E-state index contributed by atoms with van der Waals surface area (Å²) in [5.74, 6) is 1.02. The number of alkyl halides is 1. The van der Waals surface area contributed by atoms with E-state index in [1.165, 1.54) is 0 Å². The SMILES string of the molecule is CC.ClCOCCSI. The molecule has 0 N–H and O–H groups in total. The average Bonchev–Trinajstić information content (AvgIpc) is 1.94. The number of hydrogen-bond acceptors (Lipinski definition) is 2. The van der Waals surface area contributed by atoms with Crippen LogP contribution in [0.4, 0.5) is 0 Å². The fourth-order valence-electron chi connectivity index (χ4n) is 0.145. The topological polar surface area (TPSA) is 9.23 Å². The van der Waals surface area contributed by atoms with E-state index < -0.39 is 0 Å². The highest BCUT2D eigenvalue weighted by atomic mass is 127. The maximum Gasteiger partial charge on any atom is 0.120 e. The van der Waals surface area contributed by atoms with E-state index in [-0.39, 0.29) is 0 Å². The van der Waals surface area contributed by atoms with Gasteiger partial charge in [0.15, 0.2) is 0 Å². The average molecular weight is 283 g/mol. The largest absolute Gasteiger partial charge is 0.365 e. The van der Waals surface area contributed by atoms with Gasteiger partial charge in [-0.2, -0.15) is 0 Å². The third kappa shape index (κ3) is 17.6. The summed E-state index contributed by atoms with van der Waals surface area (Å²) in [7, 11) is 1.73. The van der Waals surface area contributed by atoms with Crippen molar-refractivity contribution in [1.82, 2.24) is 0 Å². The molecule has 0 aromatic rings. The normalized spacial score (nSPS) is 8.00. The van der Waals surface area contributed by atoms with Gasteiger partial charge in [-0.05, 0) is 21.2 Å². The monoisotopic (exact) mass is 282 g/mol. The Kier molecular flexibility index (Phi) is 23.3. The van der Waals surface area contributed by atoms with Gasteiger partial charge in [0, 0.05) is 5.75 Å². The number of rotatable bonds is 4. The minimum atomic E-state index is 0.317. The Bertz CT molecular complexity index is 36.1. The van der Waals surface area contributed by atoms with Gasteiger partial charge in [-0.25, -0.2) is 0 Å². The minimum absolute atomic E-state index is 0.317. The summed E-state index contributed by atoms with van der Waals surface area (Å²) in [5.41, 5.74) is 0. The molecule has 0 radical (unpaired) electrons. The molecule has 58 valence electrons. The molecule has 0 spiro atoms. The second kappa shape index (κ2) is 16.2. The summed E-state index contributed by atoms with van der Waals surface area (Å²) in [5, 5.41) is 0. The van der Waals surface area contributed by atoms with Crippen LogP contribution in [-0.4, -0.2) is 18.4 Å². The highest BCUT2D eigenvalue weighted by Crippen LogP contribution is 2.08. The fourth-order valence-corrected chi connectivity index (χ4v) is 0.974. The van der Waals surface area contributed by atoms with Gasteiger partial charge < -0.3 is 4.74 Å². The molecule has 0 aromatic heterocycles. The lowest BCUT2D eigenvalue weighted by Crippen LogP contribution is -1.91. The van der Waals surface area contributed by atoms with Crippen LogP contribution in [0.25, 0.3) is 0 Å². The molecule has 0 aliphatic carbocycles. The van der Waals surface area contributed by atoms with Crippen LogP contribution in [0.5, 0.6) is 0 Å². The predicted octanol–water partition coefficient (Wildman–Crippen LogP) is 3.31. The summed E-state index contributed by atoms with van der Waals surface area (Å²) >= 11 is 7.42. The van der Waals surface area contributed by atoms with Crippen molar-refractivity contribution < 1.29 is 4.74 Å². The van der Waals surface area contributed by atoms with Gasteiger partial charge in [-0.1, -0.05) is 34.4 Å². The van der Waals surface area contributed by atoms with Gasteiger partial charge in [0.25, 0.3) is 0 Å². The van der Waals surface area contributed by atoms with Crippen molar-refractivity contribution in [3.8, 4) is 0 Å². The Hall–Kier alpha value is 1.33. The molecule has 0 heterocycles. The quantitative estimate of drug-likeness (QED) is 0.444. The lowest BCUT2D eigenvalue weighted by Gasteiger charge is -1.92. The van der Waals surface area contributed by atoms with E-state index in [2.05, 4.69) is 21.2 Å². The molecule has 0 bridgehead atoms. The predicted molar refractivity (Wildman–Crippen MR) is 54.5 cm³/mol. The summed E-state index contributed by atoms with van der Waals surface area (Å²) in [6, 6.07) is 0.317. The third-order valence-electron chi connectivity index (χ3n) is 0.382. The molecule has 0 aromatic carbocycles. The van der Waals surface area contributed by atoms with E-state index in [4.69, 9.17) is 16.3 Å². The van der Waals surface area contributed by atoms with Gasteiger partial charge >= 0.3 is 0 Å². The highest BCUT2D eigenvalue weighted by molar-refractivity contribution is 14.2. The molecule has 0 aliphatic rings. The molecule has 0 unspecified atom stereocenters. The third-order valence-corrected chi connectivity index (χ3v) is 2.18. The molecule has 0 fully saturated rings. The second-order valence-corrected chi connectivity index (χ2v) is 3.54. The molecule has 0 saturated heterocycles. The van der Waals surface area contributed by atoms with Gasteiger partial charge in [-0.15, -0.1) is 0 Å². The molecular formula is C5H12ClIOS. The minimum Gasteiger partial charge on any atom is -0.365 e. The molecule has 0 rings (SSSR count). The first-order valence-corrected chi connectivity index (χ1v) is 6.85. The van der Waals surface area contributed by atoms with Crippen LogP contribution < -0.4 is 0 Å². The molecule has 1 nitrogen and oxygen atoms in total. The van der Waals surface area contributed by atoms with Crippen molar-refractivity contribution >= 4 is 41.7 Å². The van der Waals surface area contributed by atoms with E-state index in [0.29, 0.717) is 6.07 Å². The summed E-state index contributed by atoms with van der Waals surface area (Å²) in [4.78, 5) is 0. The molecule has 0 saturated carbocycles. The van der Waals surface area contributed by atoms with Gasteiger partial charge in [0.2, 0.25) is 0 Å². The Balaban J connectivity index is 0. The first-order valence-electron chi connectivity index (χ1n) is 2.79. The van der Waals surface area contributed by atoms with Crippen LogP contribution in [0.2, 0.25) is 0 Å². The van der Waals surface area contributed by atoms with E-state index in [9.17, 15) is 0 Å². The molecule has 0 aliphatic heterocycles. The summed E-state index contributed by atoms with van der Waals surface area (Å²) < 4.78 is 4.81. The zero-order valence-electron chi connectivity index (χ0n) is 5.69. The van der Waals surface area contributed by atoms with Crippen molar-refractivity contribution in [3.05, 3.63) is 0 Å². The van der Waals surface area contributed by atoms with Crippen molar-refractivity contribution in [3.63, 3.8) is 0 Å². The Morgan fingerprint density at radius 1 is 1.56 bits per heavy atom. The molecule has 0 amide bonds. The Labute approximate surface area is 78.5 Å². The molecular weight excluding hydrogens is 270 g/mol. The van der Waals surface area contributed by atoms with Crippen molar-refractivity contribution in [2.75, 3.05) is 18.4 Å². The van der Waals surface area contributed by atoms with E-state index in [0.717, 1.165) is 12.4 Å². The smallest absolute Gasteiger partial charge is 0.120 e. The summed E-state index contributed by atoms with van der Waals surface area (Å²) in [6.45, 7) is 4.76.